The molecule has 28 heavy (non-hydrogen) atoms. The number of amides is 2. The number of hydrogen-bond acceptors (Lipinski definition) is 3. The maximum absolute atomic E-state index is 13.2. The highest BCUT2D eigenvalue weighted by molar-refractivity contribution is 6.31. The molecule has 0 saturated carbocycles. The van der Waals surface area contributed by atoms with E-state index >= 15 is 0 Å². The zero-order chi connectivity index (χ0) is 20.7. The second-order valence-electron chi connectivity index (χ2n) is 6.42. The average molecular weight is 407 g/mol. The SMILES string of the molecule is CCNC(=O)[C@@H](C)N(Cc1ccc(F)cc1)C(=O)COc1ccc(Cl)c(C)c1. The highest BCUT2D eigenvalue weighted by Crippen LogP contribution is 2.21. The number of hydrogen-bond donors (Lipinski definition) is 1. The Labute approximate surface area is 169 Å². The molecule has 1 N–H and O–H groups in total. The van der Waals surface area contributed by atoms with Crippen LogP contribution in [-0.4, -0.2) is 35.9 Å². The van der Waals surface area contributed by atoms with E-state index in [1.54, 1.807) is 37.3 Å². The highest BCUT2D eigenvalue weighted by Gasteiger charge is 2.26. The molecule has 0 spiro atoms. The zero-order valence-corrected chi connectivity index (χ0v) is 16.9. The van der Waals surface area contributed by atoms with Crippen LogP contribution in [0.3, 0.4) is 0 Å². The predicted molar refractivity (Wildman–Crippen MR) is 107 cm³/mol. The first-order chi connectivity index (χ1) is 13.3. The Morgan fingerprint density at radius 1 is 1.21 bits per heavy atom. The Hall–Kier alpha value is -2.60. The van der Waals surface area contributed by atoms with Crippen LogP contribution >= 0.6 is 11.6 Å². The molecule has 5 nitrogen and oxygen atoms in total. The Morgan fingerprint density at radius 3 is 2.50 bits per heavy atom. The number of nitrogens with zero attached hydrogens (tertiary/aromatic N) is 1. The quantitative estimate of drug-likeness (QED) is 0.726. The zero-order valence-electron chi connectivity index (χ0n) is 16.2. The second kappa shape index (κ2) is 10.1. The van der Waals surface area contributed by atoms with Gasteiger partial charge in [0.2, 0.25) is 5.91 Å². The fraction of sp³-hybridized carbons (Fsp3) is 0.333. The van der Waals surface area contributed by atoms with Crippen molar-refractivity contribution < 1.29 is 18.7 Å². The van der Waals surface area contributed by atoms with Gasteiger partial charge >= 0.3 is 0 Å². The molecule has 0 radical (unpaired) electrons. The van der Waals surface area contributed by atoms with E-state index in [4.69, 9.17) is 16.3 Å². The van der Waals surface area contributed by atoms with Gasteiger partial charge < -0.3 is 15.0 Å². The average Bonchev–Trinajstić information content (AvgIpc) is 2.68. The lowest BCUT2D eigenvalue weighted by atomic mass is 10.1. The fourth-order valence-electron chi connectivity index (χ4n) is 2.63. The molecule has 0 heterocycles. The molecule has 0 bridgehead atoms. The smallest absolute Gasteiger partial charge is 0.261 e. The van der Waals surface area contributed by atoms with Crippen molar-refractivity contribution >= 4 is 23.4 Å². The number of carbonyl (C=O) groups is 2. The summed E-state index contributed by atoms with van der Waals surface area (Å²) < 4.78 is 18.8. The van der Waals surface area contributed by atoms with Crippen LogP contribution in [0, 0.1) is 12.7 Å². The molecule has 0 aliphatic heterocycles. The first-order valence-corrected chi connectivity index (χ1v) is 9.40. The number of aryl methyl sites for hydroxylation is 1. The van der Waals surface area contributed by atoms with Crippen molar-refractivity contribution in [2.24, 2.45) is 0 Å². The van der Waals surface area contributed by atoms with Gasteiger partial charge in [-0.1, -0.05) is 23.7 Å². The summed E-state index contributed by atoms with van der Waals surface area (Å²) >= 11 is 6.00. The molecule has 2 rings (SSSR count). The van der Waals surface area contributed by atoms with E-state index in [-0.39, 0.29) is 30.8 Å². The van der Waals surface area contributed by atoms with Crippen molar-refractivity contribution in [3.05, 3.63) is 64.4 Å². The molecule has 0 unspecified atom stereocenters. The molecular formula is C21H24ClFN2O3. The maximum atomic E-state index is 13.2. The van der Waals surface area contributed by atoms with E-state index in [1.165, 1.54) is 17.0 Å². The van der Waals surface area contributed by atoms with Crippen molar-refractivity contribution in [1.29, 1.82) is 0 Å². The van der Waals surface area contributed by atoms with Crippen LogP contribution in [0.5, 0.6) is 5.75 Å². The van der Waals surface area contributed by atoms with Crippen molar-refractivity contribution in [3.63, 3.8) is 0 Å². The molecule has 1 atom stereocenters. The molecule has 2 amide bonds. The van der Waals surface area contributed by atoms with Crippen LogP contribution in [0.15, 0.2) is 42.5 Å². The minimum atomic E-state index is -0.701. The van der Waals surface area contributed by atoms with Crippen LogP contribution in [0.4, 0.5) is 4.39 Å². The Morgan fingerprint density at radius 2 is 1.89 bits per heavy atom. The molecule has 0 aromatic heterocycles. The van der Waals surface area contributed by atoms with Gasteiger partial charge in [-0.3, -0.25) is 9.59 Å². The van der Waals surface area contributed by atoms with Gasteiger partial charge in [0.25, 0.3) is 5.91 Å². The fourth-order valence-corrected chi connectivity index (χ4v) is 2.74. The van der Waals surface area contributed by atoms with E-state index in [9.17, 15) is 14.0 Å². The molecule has 2 aromatic carbocycles. The number of likely N-dealkylation sites (N-methyl/N-ethyl adjacent to an activating group) is 1. The number of carbonyl (C=O) groups excluding carboxylic acids is 2. The molecule has 2 aromatic rings. The van der Waals surface area contributed by atoms with Crippen molar-refractivity contribution in [3.8, 4) is 5.75 Å². The summed E-state index contributed by atoms with van der Waals surface area (Å²) in [6.45, 7) is 5.70. The van der Waals surface area contributed by atoms with Crippen molar-refractivity contribution in [2.75, 3.05) is 13.2 Å². The van der Waals surface area contributed by atoms with Gasteiger partial charge in [-0.25, -0.2) is 4.39 Å². The van der Waals surface area contributed by atoms with E-state index in [0.29, 0.717) is 22.9 Å². The van der Waals surface area contributed by atoms with Crippen LogP contribution in [0.2, 0.25) is 5.02 Å². The van der Waals surface area contributed by atoms with Gasteiger partial charge in [0.15, 0.2) is 6.61 Å². The summed E-state index contributed by atoms with van der Waals surface area (Å²) in [6, 6.07) is 10.2. The first-order valence-electron chi connectivity index (χ1n) is 9.02. The van der Waals surface area contributed by atoms with E-state index < -0.39 is 6.04 Å². The van der Waals surface area contributed by atoms with Gasteiger partial charge in [-0.2, -0.15) is 0 Å². The van der Waals surface area contributed by atoms with Crippen molar-refractivity contribution in [1.82, 2.24) is 10.2 Å². The minimum absolute atomic E-state index is 0.167. The predicted octanol–water partition coefficient (Wildman–Crippen LogP) is 3.72. The summed E-state index contributed by atoms with van der Waals surface area (Å²) in [5.41, 5.74) is 1.55. The third-order valence-corrected chi connectivity index (χ3v) is 4.70. The van der Waals surface area contributed by atoms with E-state index in [0.717, 1.165) is 5.56 Å². The minimum Gasteiger partial charge on any atom is -0.484 e. The molecule has 0 aliphatic rings. The molecule has 0 aliphatic carbocycles. The van der Waals surface area contributed by atoms with Crippen LogP contribution in [-0.2, 0) is 16.1 Å². The summed E-state index contributed by atoms with van der Waals surface area (Å²) in [5.74, 6) is -0.460. The third-order valence-electron chi connectivity index (χ3n) is 4.28. The van der Waals surface area contributed by atoms with Gasteiger partial charge in [-0.05, 0) is 62.2 Å². The van der Waals surface area contributed by atoms with Gasteiger partial charge in [0, 0.05) is 18.1 Å². The lowest BCUT2D eigenvalue weighted by Gasteiger charge is -2.28. The molecule has 7 heteroatoms. The van der Waals surface area contributed by atoms with Gasteiger partial charge in [-0.15, -0.1) is 0 Å². The molecule has 0 saturated heterocycles. The van der Waals surface area contributed by atoms with Gasteiger partial charge in [0.05, 0.1) is 0 Å². The largest absolute Gasteiger partial charge is 0.484 e. The topological polar surface area (TPSA) is 58.6 Å². The van der Waals surface area contributed by atoms with Gasteiger partial charge in [0.1, 0.15) is 17.6 Å². The normalized spacial score (nSPS) is 11.6. The molecular weight excluding hydrogens is 383 g/mol. The summed E-state index contributed by atoms with van der Waals surface area (Å²) in [4.78, 5) is 26.5. The second-order valence-corrected chi connectivity index (χ2v) is 6.83. The number of rotatable bonds is 8. The van der Waals surface area contributed by atoms with Crippen molar-refractivity contribution in [2.45, 2.75) is 33.4 Å². The monoisotopic (exact) mass is 406 g/mol. The molecule has 0 fully saturated rings. The summed E-state index contributed by atoms with van der Waals surface area (Å²) in [5, 5.41) is 3.33. The number of ether oxygens (including phenoxy) is 1. The third kappa shape index (κ3) is 5.96. The number of nitrogens with one attached hydrogen (secondary N) is 1. The maximum Gasteiger partial charge on any atom is 0.261 e. The highest BCUT2D eigenvalue weighted by atomic mass is 35.5. The summed E-state index contributed by atoms with van der Waals surface area (Å²) in [7, 11) is 0. The lowest BCUT2D eigenvalue weighted by Crippen LogP contribution is -2.49. The van der Waals surface area contributed by atoms with Crippen LogP contribution in [0.25, 0.3) is 0 Å². The molecule has 150 valence electrons. The van der Waals surface area contributed by atoms with Crippen LogP contribution < -0.4 is 10.1 Å². The Bertz CT molecular complexity index is 827. The van der Waals surface area contributed by atoms with Crippen LogP contribution in [0.1, 0.15) is 25.0 Å². The number of benzene rings is 2. The van der Waals surface area contributed by atoms with E-state index in [1.807, 2.05) is 13.8 Å². The lowest BCUT2D eigenvalue weighted by molar-refractivity contribution is -0.142. The first kappa shape index (κ1) is 21.7. The Kier molecular flexibility index (Phi) is 7.81. The standard InChI is InChI=1S/C21H24ClFN2O3/c1-4-24-21(27)15(3)25(12-16-5-7-17(23)8-6-16)20(26)13-28-18-9-10-19(22)14(2)11-18/h5-11,15H,4,12-13H2,1-3H3,(H,24,27)/t15-/m1/s1. The Balaban J connectivity index is 2.13. The van der Waals surface area contributed by atoms with E-state index in [2.05, 4.69) is 5.32 Å². The summed E-state index contributed by atoms with van der Waals surface area (Å²) in [6.07, 6.45) is 0. The number of halogens is 2.